The fraction of sp³-hybridized carbons (Fsp3) is 0.333. The van der Waals surface area contributed by atoms with Crippen LogP contribution < -0.4 is 0 Å². The second-order valence-corrected chi connectivity index (χ2v) is 9.55. The third-order valence-corrected chi connectivity index (χ3v) is 8.50. The SMILES string of the molecule is C=C[C@@H]1C[C@@]1(N(Cc1ccccc1)C(=O)O)P(=O)(Cc1ccccn1)OCC. The van der Waals surface area contributed by atoms with Crippen LogP contribution in [0.4, 0.5) is 4.79 Å². The van der Waals surface area contributed by atoms with Gasteiger partial charge in [0.2, 0.25) is 7.37 Å². The zero-order chi connectivity index (χ0) is 20.2. The van der Waals surface area contributed by atoms with Gasteiger partial charge in [-0.2, -0.15) is 0 Å². The van der Waals surface area contributed by atoms with Crippen molar-refractivity contribution in [3.63, 3.8) is 0 Å². The lowest BCUT2D eigenvalue weighted by molar-refractivity contribution is 0.123. The van der Waals surface area contributed by atoms with Crippen molar-refractivity contribution in [2.45, 2.75) is 31.3 Å². The maximum Gasteiger partial charge on any atom is 0.408 e. The van der Waals surface area contributed by atoms with Gasteiger partial charge in [0.05, 0.1) is 25.0 Å². The molecule has 3 atom stereocenters. The zero-order valence-electron chi connectivity index (χ0n) is 15.9. The third kappa shape index (κ3) is 3.75. The Morgan fingerprint density at radius 2 is 2.07 bits per heavy atom. The summed E-state index contributed by atoms with van der Waals surface area (Å²) < 4.78 is 20.0. The Kier molecular flexibility index (Phi) is 6.01. The Balaban J connectivity index is 2.03. The molecule has 0 aliphatic heterocycles. The van der Waals surface area contributed by atoms with E-state index in [-0.39, 0.29) is 25.2 Å². The molecule has 6 nitrogen and oxygen atoms in total. The van der Waals surface area contributed by atoms with Crippen molar-refractivity contribution in [1.29, 1.82) is 0 Å². The van der Waals surface area contributed by atoms with Gasteiger partial charge < -0.3 is 9.63 Å². The van der Waals surface area contributed by atoms with Crippen LogP contribution in [0.25, 0.3) is 0 Å². The largest absolute Gasteiger partial charge is 0.465 e. The lowest BCUT2D eigenvalue weighted by atomic mass is 10.2. The van der Waals surface area contributed by atoms with Gasteiger partial charge in [0.1, 0.15) is 5.28 Å². The smallest absolute Gasteiger partial charge is 0.408 e. The number of nitrogens with zero attached hydrogens (tertiary/aromatic N) is 2. The van der Waals surface area contributed by atoms with Crippen molar-refractivity contribution in [3.8, 4) is 0 Å². The van der Waals surface area contributed by atoms with Gasteiger partial charge in [0.15, 0.2) is 0 Å². The summed E-state index contributed by atoms with van der Waals surface area (Å²) in [4.78, 5) is 17.8. The first-order valence-electron chi connectivity index (χ1n) is 9.27. The summed E-state index contributed by atoms with van der Waals surface area (Å²) in [6.45, 7) is 5.98. The third-order valence-electron chi connectivity index (χ3n) is 5.14. The fourth-order valence-corrected chi connectivity index (χ4v) is 7.00. The molecule has 1 saturated carbocycles. The number of pyridine rings is 1. The molecule has 1 fully saturated rings. The van der Waals surface area contributed by atoms with E-state index in [1.807, 2.05) is 36.4 Å². The molecule has 148 valence electrons. The molecule has 1 unspecified atom stereocenters. The standard InChI is InChI=1S/C21H25N2O4P/c1-3-18-14-21(18,23(20(24)25)15-17-10-6-5-7-11-17)28(26,27-4-2)16-19-12-8-9-13-22-19/h3,5-13,18H,1,4,14-16H2,2H3,(H,24,25)/t18-,21-,28?/m1/s1. The van der Waals surface area contributed by atoms with Gasteiger partial charge in [-0.1, -0.05) is 42.5 Å². The molecule has 1 heterocycles. The van der Waals surface area contributed by atoms with E-state index in [2.05, 4.69) is 11.6 Å². The highest BCUT2D eigenvalue weighted by Gasteiger charge is 2.70. The van der Waals surface area contributed by atoms with Crippen LogP contribution in [0.2, 0.25) is 0 Å². The molecule has 7 heteroatoms. The molecular weight excluding hydrogens is 375 g/mol. The van der Waals surface area contributed by atoms with Crippen molar-refractivity contribution >= 4 is 13.5 Å². The number of hydrogen-bond acceptors (Lipinski definition) is 4. The highest BCUT2D eigenvalue weighted by Crippen LogP contribution is 2.76. The van der Waals surface area contributed by atoms with Crippen LogP contribution in [-0.4, -0.2) is 33.0 Å². The molecule has 2 aromatic rings. The highest BCUT2D eigenvalue weighted by atomic mass is 31.2. The molecule has 0 radical (unpaired) electrons. The highest BCUT2D eigenvalue weighted by molar-refractivity contribution is 7.60. The molecule has 3 rings (SSSR count). The normalized spacial score (nSPS) is 22.8. The minimum atomic E-state index is -3.44. The maximum atomic E-state index is 14.2. The average molecular weight is 400 g/mol. The van der Waals surface area contributed by atoms with Crippen LogP contribution in [0.1, 0.15) is 24.6 Å². The van der Waals surface area contributed by atoms with Crippen molar-refractivity contribution in [2.75, 3.05) is 6.61 Å². The molecule has 1 aliphatic rings. The summed E-state index contributed by atoms with van der Waals surface area (Å²) in [5.41, 5.74) is 1.46. The maximum absolute atomic E-state index is 14.2. The van der Waals surface area contributed by atoms with E-state index >= 15 is 0 Å². The summed E-state index contributed by atoms with van der Waals surface area (Å²) in [7, 11) is -3.44. The molecule has 1 N–H and O–H groups in total. The summed E-state index contributed by atoms with van der Waals surface area (Å²) >= 11 is 0. The molecule has 1 aromatic carbocycles. The number of carbonyl (C=O) groups is 1. The first kappa shape index (κ1) is 20.3. The molecule has 0 saturated heterocycles. The number of aromatic nitrogens is 1. The molecule has 1 aromatic heterocycles. The fourth-order valence-electron chi connectivity index (χ4n) is 3.77. The second kappa shape index (κ2) is 8.29. The monoisotopic (exact) mass is 400 g/mol. The minimum Gasteiger partial charge on any atom is -0.465 e. The van der Waals surface area contributed by atoms with Crippen LogP contribution in [0, 0.1) is 5.92 Å². The van der Waals surface area contributed by atoms with E-state index in [0.29, 0.717) is 12.1 Å². The van der Waals surface area contributed by atoms with Crippen LogP contribution >= 0.6 is 7.37 Å². The molecule has 28 heavy (non-hydrogen) atoms. The summed E-state index contributed by atoms with van der Waals surface area (Å²) in [5.74, 6) is -0.228. The topological polar surface area (TPSA) is 79.7 Å². The second-order valence-electron chi connectivity index (χ2n) is 6.85. The zero-order valence-corrected chi connectivity index (χ0v) is 16.8. The summed E-state index contributed by atoms with van der Waals surface area (Å²) in [6, 6.07) is 14.7. The van der Waals surface area contributed by atoms with Gasteiger partial charge in [-0.15, -0.1) is 6.58 Å². The van der Waals surface area contributed by atoms with Gasteiger partial charge in [-0.05, 0) is 31.0 Å². The lowest BCUT2D eigenvalue weighted by Gasteiger charge is -2.36. The first-order chi connectivity index (χ1) is 13.5. The van der Waals surface area contributed by atoms with E-state index in [4.69, 9.17) is 4.52 Å². The van der Waals surface area contributed by atoms with E-state index in [1.54, 1.807) is 31.3 Å². The number of rotatable bonds is 9. The van der Waals surface area contributed by atoms with E-state index in [1.165, 1.54) is 4.90 Å². The van der Waals surface area contributed by atoms with Crippen LogP contribution in [0.3, 0.4) is 0 Å². The Morgan fingerprint density at radius 3 is 2.61 bits per heavy atom. The summed E-state index contributed by atoms with van der Waals surface area (Å²) in [6.07, 6.45) is 2.72. The quantitative estimate of drug-likeness (QED) is 0.474. The van der Waals surface area contributed by atoms with Gasteiger partial charge >= 0.3 is 6.09 Å². The van der Waals surface area contributed by atoms with Crippen molar-refractivity contribution in [3.05, 3.63) is 78.6 Å². The molecule has 0 bridgehead atoms. The first-order valence-corrected chi connectivity index (χ1v) is 11.1. The Labute approximate surface area is 165 Å². The van der Waals surface area contributed by atoms with Gasteiger partial charge in [-0.25, -0.2) is 4.79 Å². The van der Waals surface area contributed by atoms with Crippen LogP contribution in [-0.2, 0) is 21.8 Å². The minimum absolute atomic E-state index is 0.0879. The summed E-state index contributed by atoms with van der Waals surface area (Å²) in [5, 5.41) is 8.90. The number of benzene rings is 1. The molecular formula is C21H25N2O4P. The van der Waals surface area contributed by atoms with Crippen LogP contribution in [0.15, 0.2) is 67.4 Å². The predicted molar refractivity (Wildman–Crippen MR) is 108 cm³/mol. The number of hydrogen-bond donors (Lipinski definition) is 1. The van der Waals surface area contributed by atoms with E-state index in [9.17, 15) is 14.5 Å². The van der Waals surface area contributed by atoms with Crippen LogP contribution in [0.5, 0.6) is 0 Å². The van der Waals surface area contributed by atoms with E-state index < -0.39 is 18.7 Å². The number of carboxylic acid groups (broad SMARTS) is 1. The average Bonchev–Trinajstić information content (AvgIpc) is 3.44. The van der Waals surface area contributed by atoms with Crippen molar-refractivity contribution in [1.82, 2.24) is 9.88 Å². The Hall–Kier alpha value is -2.43. The Bertz CT molecular complexity index is 874. The predicted octanol–water partition coefficient (Wildman–Crippen LogP) is 4.98. The van der Waals surface area contributed by atoms with Gasteiger partial charge in [-0.3, -0.25) is 14.4 Å². The van der Waals surface area contributed by atoms with E-state index in [0.717, 1.165) is 5.56 Å². The molecule has 0 spiro atoms. The Morgan fingerprint density at radius 1 is 1.36 bits per heavy atom. The number of amides is 1. The van der Waals surface area contributed by atoms with Gasteiger partial charge in [0.25, 0.3) is 0 Å². The van der Waals surface area contributed by atoms with Crippen molar-refractivity contribution < 1.29 is 19.0 Å². The molecule has 1 amide bonds. The lowest BCUT2D eigenvalue weighted by Crippen LogP contribution is -2.43. The molecule has 1 aliphatic carbocycles. The van der Waals surface area contributed by atoms with Gasteiger partial charge in [0, 0.05) is 12.1 Å². The van der Waals surface area contributed by atoms with Crippen molar-refractivity contribution in [2.24, 2.45) is 5.92 Å².